The molecule has 1 saturated heterocycles. The van der Waals surface area contributed by atoms with Gasteiger partial charge in [-0.3, -0.25) is 5.32 Å². The number of carbonyl (C=O) groups is 2. The number of rotatable bonds is 8. The number of sulfonamides is 1. The molecule has 4 rings (SSSR count). The molecule has 13 heteroatoms. The van der Waals surface area contributed by atoms with E-state index >= 15 is 0 Å². The fraction of sp³-hybridized carbons (Fsp3) is 0.593. The molecule has 1 aromatic heterocycles. The van der Waals surface area contributed by atoms with Crippen LogP contribution >= 0.6 is 11.3 Å². The summed E-state index contributed by atoms with van der Waals surface area (Å²) in [5, 5.41) is 6.37. The number of piperidine rings is 1. The van der Waals surface area contributed by atoms with E-state index in [1.165, 1.54) is 17.4 Å². The van der Waals surface area contributed by atoms with Crippen molar-refractivity contribution in [2.24, 2.45) is 11.3 Å². The zero-order valence-electron chi connectivity index (χ0n) is 24.2. The second-order valence-corrected chi connectivity index (χ2v) is 14.9. The summed E-state index contributed by atoms with van der Waals surface area (Å²) >= 11 is 1.40. The zero-order valence-corrected chi connectivity index (χ0v) is 25.8. The van der Waals surface area contributed by atoms with Gasteiger partial charge in [0.2, 0.25) is 10.0 Å². The number of fused-ring (bicyclic) bond motifs is 1. The maximum absolute atomic E-state index is 13.5. The second kappa shape index (κ2) is 10.8. The molecule has 2 amide bonds. The zero-order chi connectivity index (χ0) is 29.6. The number of ether oxygens (including phenoxy) is 2. The molecule has 3 atom stereocenters. The van der Waals surface area contributed by atoms with Crippen LogP contribution in [0.3, 0.4) is 0 Å². The number of hydrogen-bond donors (Lipinski definition) is 3. The fourth-order valence-corrected chi connectivity index (χ4v) is 7.76. The molecular formula is C27H39N5O6S2. The van der Waals surface area contributed by atoms with Crippen molar-refractivity contribution in [1.82, 2.24) is 15.0 Å². The van der Waals surface area contributed by atoms with Crippen LogP contribution in [0, 0.1) is 11.3 Å². The van der Waals surface area contributed by atoms with Crippen molar-refractivity contribution in [3.05, 3.63) is 24.4 Å². The summed E-state index contributed by atoms with van der Waals surface area (Å²) in [5.41, 5.74) is -0.0109. The topological polar surface area (TPSA) is 139 Å². The monoisotopic (exact) mass is 593 g/mol. The molecule has 220 valence electrons. The van der Waals surface area contributed by atoms with Gasteiger partial charge in [-0.25, -0.2) is 27.7 Å². The number of benzene rings is 1. The number of amides is 2. The van der Waals surface area contributed by atoms with Gasteiger partial charge < -0.3 is 19.7 Å². The van der Waals surface area contributed by atoms with E-state index in [4.69, 9.17) is 9.47 Å². The van der Waals surface area contributed by atoms with Gasteiger partial charge in [-0.2, -0.15) is 0 Å². The molecule has 2 unspecified atom stereocenters. The van der Waals surface area contributed by atoms with Crippen molar-refractivity contribution in [1.29, 1.82) is 0 Å². The van der Waals surface area contributed by atoms with Crippen molar-refractivity contribution in [3.8, 4) is 10.4 Å². The van der Waals surface area contributed by atoms with Gasteiger partial charge >= 0.3 is 12.2 Å². The van der Waals surface area contributed by atoms with Crippen molar-refractivity contribution in [2.45, 2.75) is 84.1 Å². The Bertz CT molecular complexity index is 1380. The van der Waals surface area contributed by atoms with E-state index in [2.05, 4.69) is 32.2 Å². The number of thiazole rings is 1. The smallest absolute Gasteiger partial charge is 0.411 e. The Morgan fingerprint density at radius 1 is 1.12 bits per heavy atom. The average molecular weight is 594 g/mol. The molecule has 0 bridgehead atoms. The maximum Gasteiger partial charge on any atom is 0.411 e. The molecule has 1 aromatic carbocycles. The maximum atomic E-state index is 13.5. The van der Waals surface area contributed by atoms with Crippen molar-refractivity contribution in [3.63, 3.8) is 0 Å². The fourth-order valence-electron chi connectivity index (χ4n) is 5.07. The summed E-state index contributed by atoms with van der Waals surface area (Å²) < 4.78 is 40.0. The number of carbonyl (C=O) groups excluding carboxylic acids is 2. The first-order valence-electron chi connectivity index (χ1n) is 13.3. The van der Waals surface area contributed by atoms with Crippen LogP contribution in [0.1, 0.15) is 55.4 Å². The molecule has 3 N–H and O–H groups in total. The van der Waals surface area contributed by atoms with Crippen LogP contribution < -0.4 is 20.3 Å². The summed E-state index contributed by atoms with van der Waals surface area (Å²) in [5.74, 6) is 0.280. The van der Waals surface area contributed by atoms with Crippen LogP contribution in [0.5, 0.6) is 0 Å². The van der Waals surface area contributed by atoms with Crippen molar-refractivity contribution < 1.29 is 27.5 Å². The minimum absolute atomic E-state index is 0.0316. The first kappa shape index (κ1) is 30.1. The van der Waals surface area contributed by atoms with Gasteiger partial charge in [-0.15, -0.1) is 0 Å². The van der Waals surface area contributed by atoms with E-state index in [0.29, 0.717) is 16.1 Å². The Morgan fingerprint density at radius 2 is 1.77 bits per heavy atom. The number of anilines is 2. The largest absolute Gasteiger partial charge is 0.447 e. The highest BCUT2D eigenvalue weighted by atomic mass is 32.2. The Labute approximate surface area is 240 Å². The van der Waals surface area contributed by atoms with Gasteiger partial charge in [0.1, 0.15) is 0 Å². The Balaban J connectivity index is 1.56. The van der Waals surface area contributed by atoms with Crippen LogP contribution in [-0.2, 0) is 19.5 Å². The lowest BCUT2D eigenvalue weighted by molar-refractivity contribution is 0.113. The third-order valence-electron chi connectivity index (χ3n) is 6.75. The summed E-state index contributed by atoms with van der Waals surface area (Å²) in [6.07, 6.45) is 0.114. The standard InChI is InChI=1S/C27H39N5O6S2/c1-15(2)37-24(33)29-17-9-10-18(21(11-17)40(35,36)31-26(5,6)7)20-12-28-23(39-20)32-13-19-22(27(19,8)14-32)30-25(34)38-16(3)4/h9-12,15-16,19,22,31H,13-14H2,1-8H3,(H,29,33)(H,30,34)/t19?,22?,27-/m1/s1. The molecule has 1 aliphatic heterocycles. The molecule has 1 aliphatic carbocycles. The molecule has 11 nitrogen and oxygen atoms in total. The Morgan fingerprint density at radius 3 is 2.35 bits per heavy atom. The van der Waals surface area contributed by atoms with E-state index in [1.807, 2.05) is 13.8 Å². The first-order valence-corrected chi connectivity index (χ1v) is 15.6. The highest BCUT2D eigenvalue weighted by Gasteiger charge is 2.67. The minimum atomic E-state index is -3.96. The summed E-state index contributed by atoms with van der Waals surface area (Å²) in [7, 11) is -3.96. The SMILES string of the molecule is CC(C)OC(=O)Nc1ccc(-c2cnc(N3CC4C(NC(=O)OC(C)C)[C@]4(C)C3)s2)c(S(=O)(=O)NC(C)(C)C)c1. The molecule has 2 heterocycles. The predicted octanol–water partition coefficient (Wildman–Crippen LogP) is 4.80. The molecular weight excluding hydrogens is 554 g/mol. The minimum Gasteiger partial charge on any atom is -0.447 e. The van der Waals surface area contributed by atoms with E-state index < -0.39 is 27.7 Å². The number of aromatic nitrogens is 1. The van der Waals surface area contributed by atoms with E-state index in [-0.39, 0.29) is 34.5 Å². The highest BCUT2D eigenvalue weighted by molar-refractivity contribution is 7.89. The third-order valence-corrected chi connectivity index (χ3v) is 9.64. The summed E-state index contributed by atoms with van der Waals surface area (Å²) in [6, 6.07) is 4.80. The lowest BCUT2D eigenvalue weighted by Gasteiger charge is -2.22. The summed E-state index contributed by atoms with van der Waals surface area (Å²) in [6.45, 7) is 16.0. The molecule has 1 saturated carbocycles. The molecule has 0 spiro atoms. The van der Waals surface area contributed by atoms with Crippen molar-refractivity contribution in [2.75, 3.05) is 23.3 Å². The average Bonchev–Trinajstić information content (AvgIpc) is 3.16. The first-order chi connectivity index (χ1) is 18.5. The molecule has 0 radical (unpaired) electrons. The quantitative estimate of drug-likeness (QED) is 0.397. The van der Waals surface area contributed by atoms with Gasteiger partial charge in [0.15, 0.2) is 5.13 Å². The molecule has 2 aromatic rings. The summed E-state index contributed by atoms with van der Waals surface area (Å²) in [4.78, 5) is 31.7. The Hall–Kier alpha value is -2.90. The third kappa shape index (κ3) is 6.69. The number of alkyl carbamates (subject to hydrolysis) is 1. The van der Waals surface area contributed by atoms with Gasteiger partial charge in [-0.1, -0.05) is 24.3 Å². The van der Waals surface area contributed by atoms with E-state index in [1.54, 1.807) is 52.9 Å². The number of nitrogens with zero attached hydrogens (tertiary/aromatic N) is 2. The predicted molar refractivity (Wildman–Crippen MR) is 155 cm³/mol. The molecule has 40 heavy (non-hydrogen) atoms. The van der Waals surface area contributed by atoms with Crippen LogP contribution in [0.4, 0.5) is 20.4 Å². The van der Waals surface area contributed by atoms with Crippen molar-refractivity contribution >= 4 is 44.4 Å². The number of hydrogen-bond acceptors (Lipinski definition) is 9. The number of nitrogens with one attached hydrogen (secondary N) is 3. The van der Waals surface area contributed by atoms with Gasteiger partial charge in [0, 0.05) is 53.5 Å². The van der Waals surface area contributed by atoms with Crippen LogP contribution in [0.15, 0.2) is 29.3 Å². The molecule has 2 fully saturated rings. The molecule has 2 aliphatic rings. The van der Waals surface area contributed by atoms with Crippen LogP contribution in [0.25, 0.3) is 10.4 Å². The van der Waals surface area contributed by atoms with Crippen LogP contribution in [-0.4, -0.2) is 62.5 Å². The lowest BCUT2D eigenvalue weighted by atomic mass is 10.1. The van der Waals surface area contributed by atoms with E-state index in [9.17, 15) is 18.0 Å². The highest BCUT2D eigenvalue weighted by Crippen LogP contribution is 2.58. The van der Waals surface area contributed by atoms with Crippen LogP contribution in [0.2, 0.25) is 0 Å². The van der Waals surface area contributed by atoms with E-state index in [0.717, 1.165) is 18.2 Å². The Kier molecular flexibility index (Phi) is 8.14. The lowest BCUT2D eigenvalue weighted by Crippen LogP contribution is -2.40. The normalized spacial score (nSPS) is 22.3. The second-order valence-electron chi connectivity index (χ2n) is 12.2. The van der Waals surface area contributed by atoms with Gasteiger partial charge in [0.25, 0.3) is 0 Å². The van der Waals surface area contributed by atoms with Gasteiger partial charge in [-0.05, 0) is 60.6 Å². The van der Waals surface area contributed by atoms with Gasteiger partial charge in [0.05, 0.1) is 22.0 Å².